The number of fused-ring (bicyclic) bond motifs is 2. The molecular weight excluding hydrogens is 348 g/mol. The minimum atomic E-state index is 0.601. The quantitative estimate of drug-likeness (QED) is 0.431. The van der Waals surface area contributed by atoms with E-state index in [9.17, 15) is 0 Å². The summed E-state index contributed by atoms with van der Waals surface area (Å²) in [4.78, 5) is 7.75. The van der Waals surface area contributed by atoms with Gasteiger partial charge in [-0.2, -0.15) is 5.10 Å². The van der Waals surface area contributed by atoms with Crippen molar-refractivity contribution in [1.29, 1.82) is 0 Å². The summed E-state index contributed by atoms with van der Waals surface area (Å²) in [5, 5.41) is 6.37. The Kier molecular flexibility index (Phi) is 3.91. The van der Waals surface area contributed by atoms with E-state index in [1.807, 2.05) is 72.8 Å². The maximum Gasteiger partial charge on any atom is 0.222 e. The Morgan fingerprint density at radius 3 is 2.61 bits per heavy atom. The Bertz CT molecular complexity index is 1320. The number of benzene rings is 3. The Hall–Kier alpha value is -3.86. The van der Waals surface area contributed by atoms with Crippen LogP contribution >= 0.6 is 0 Å². The smallest absolute Gasteiger partial charge is 0.222 e. The molecule has 0 spiro atoms. The van der Waals surface area contributed by atoms with Gasteiger partial charge in [-0.05, 0) is 31.2 Å². The SMILES string of the molecule is Cc1ccc2oc(-c3ccccc3)c/c(=N\Nc3nc4ccccc4[nH]3)c2c1. The molecule has 0 amide bonds. The molecule has 0 atom stereocenters. The van der Waals surface area contributed by atoms with Gasteiger partial charge < -0.3 is 9.40 Å². The van der Waals surface area contributed by atoms with Crippen molar-refractivity contribution in [2.45, 2.75) is 6.92 Å². The van der Waals surface area contributed by atoms with Gasteiger partial charge in [0.15, 0.2) is 0 Å². The summed E-state index contributed by atoms with van der Waals surface area (Å²) in [5.41, 5.74) is 7.86. The molecule has 3 aromatic carbocycles. The van der Waals surface area contributed by atoms with Gasteiger partial charge in [-0.25, -0.2) is 10.4 Å². The summed E-state index contributed by atoms with van der Waals surface area (Å²) in [6, 6.07) is 26.0. The van der Waals surface area contributed by atoms with Gasteiger partial charge in [-0.3, -0.25) is 0 Å². The van der Waals surface area contributed by atoms with Crippen molar-refractivity contribution in [3.8, 4) is 11.3 Å². The highest BCUT2D eigenvalue weighted by Crippen LogP contribution is 2.22. The Balaban J connectivity index is 1.65. The van der Waals surface area contributed by atoms with Gasteiger partial charge in [0.2, 0.25) is 5.95 Å². The Morgan fingerprint density at radius 2 is 1.75 bits per heavy atom. The second-order valence-electron chi connectivity index (χ2n) is 6.69. The number of para-hydroxylation sites is 2. The number of rotatable bonds is 3. The molecule has 0 saturated carbocycles. The Morgan fingerprint density at radius 1 is 0.929 bits per heavy atom. The van der Waals surface area contributed by atoms with Crippen LogP contribution < -0.4 is 10.8 Å². The van der Waals surface area contributed by atoms with Crippen LogP contribution in [0.2, 0.25) is 0 Å². The van der Waals surface area contributed by atoms with Gasteiger partial charge in [0.05, 0.1) is 16.4 Å². The number of nitrogens with zero attached hydrogens (tertiary/aromatic N) is 2. The van der Waals surface area contributed by atoms with E-state index in [0.29, 0.717) is 5.95 Å². The molecule has 5 nitrogen and oxygen atoms in total. The fourth-order valence-corrected chi connectivity index (χ4v) is 3.24. The van der Waals surface area contributed by atoms with Crippen LogP contribution in [0.3, 0.4) is 0 Å². The van der Waals surface area contributed by atoms with Crippen molar-refractivity contribution < 1.29 is 4.42 Å². The number of aromatic amines is 1. The predicted octanol–water partition coefficient (Wildman–Crippen LogP) is 5.21. The van der Waals surface area contributed by atoms with Crippen molar-refractivity contribution in [2.24, 2.45) is 5.10 Å². The second kappa shape index (κ2) is 6.70. The maximum absolute atomic E-state index is 6.13. The van der Waals surface area contributed by atoms with Crippen LogP contribution in [0.25, 0.3) is 33.3 Å². The van der Waals surface area contributed by atoms with Crippen molar-refractivity contribution in [1.82, 2.24) is 9.97 Å². The molecular formula is C23H18N4O. The molecule has 0 aliphatic heterocycles. The molecule has 136 valence electrons. The summed E-state index contributed by atoms with van der Waals surface area (Å²) in [5.74, 6) is 1.37. The number of aromatic nitrogens is 2. The normalized spacial score (nSPS) is 12.0. The summed E-state index contributed by atoms with van der Waals surface area (Å²) in [7, 11) is 0. The zero-order valence-electron chi connectivity index (χ0n) is 15.3. The molecule has 28 heavy (non-hydrogen) atoms. The van der Waals surface area contributed by atoms with Crippen molar-refractivity contribution in [3.63, 3.8) is 0 Å². The summed E-state index contributed by atoms with van der Waals surface area (Å²) in [6.07, 6.45) is 0. The molecule has 5 aromatic rings. The van der Waals surface area contributed by atoms with E-state index in [-0.39, 0.29) is 0 Å². The highest BCUT2D eigenvalue weighted by molar-refractivity contribution is 5.79. The lowest BCUT2D eigenvalue weighted by atomic mass is 10.1. The molecule has 0 bridgehead atoms. The highest BCUT2D eigenvalue weighted by atomic mass is 16.3. The molecule has 0 saturated heterocycles. The van der Waals surface area contributed by atoms with Gasteiger partial charge in [0.25, 0.3) is 0 Å². The highest BCUT2D eigenvalue weighted by Gasteiger charge is 2.07. The van der Waals surface area contributed by atoms with E-state index < -0.39 is 0 Å². The largest absolute Gasteiger partial charge is 0.456 e. The van der Waals surface area contributed by atoms with Crippen molar-refractivity contribution >= 4 is 28.0 Å². The third-order valence-corrected chi connectivity index (χ3v) is 4.63. The zero-order chi connectivity index (χ0) is 18.9. The van der Waals surface area contributed by atoms with Crippen LogP contribution in [-0.4, -0.2) is 9.97 Å². The van der Waals surface area contributed by atoms with Crippen LogP contribution in [-0.2, 0) is 0 Å². The standard InChI is InChI=1S/C23H18N4O/c1-15-11-12-21-17(13-15)20(14-22(28-21)16-7-3-2-4-8-16)26-27-23-24-18-9-5-6-10-19(18)25-23/h2-14H,1H3,(H2,24,25,27)/b26-20+. The van der Waals surface area contributed by atoms with E-state index in [4.69, 9.17) is 4.42 Å². The molecule has 5 rings (SSSR count). The number of imidazole rings is 1. The Labute approximate surface area is 161 Å². The van der Waals surface area contributed by atoms with Gasteiger partial charge in [-0.15, -0.1) is 0 Å². The predicted molar refractivity (Wildman–Crippen MR) is 112 cm³/mol. The first-order chi connectivity index (χ1) is 13.8. The lowest BCUT2D eigenvalue weighted by Gasteiger charge is -2.06. The van der Waals surface area contributed by atoms with E-state index in [2.05, 4.69) is 33.5 Å². The summed E-state index contributed by atoms with van der Waals surface area (Å²) >= 11 is 0. The molecule has 0 fully saturated rings. The topological polar surface area (TPSA) is 66.2 Å². The first kappa shape index (κ1) is 16.3. The third kappa shape index (κ3) is 3.03. The van der Waals surface area contributed by atoms with E-state index in [1.54, 1.807) is 0 Å². The molecule has 2 heterocycles. The molecule has 5 heteroatoms. The van der Waals surface area contributed by atoms with Gasteiger partial charge in [-0.1, -0.05) is 54.1 Å². The number of anilines is 1. The molecule has 2 aromatic heterocycles. The minimum absolute atomic E-state index is 0.601. The number of H-pyrrole nitrogens is 1. The van der Waals surface area contributed by atoms with E-state index >= 15 is 0 Å². The molecule has 0 aliphatic carbocycles. The molecule has 0 radical (unpaired) electrons. The lowest BCUT2D eigenvalue weighted by Crippen LogP contribution is -2.08. The second-order valence-corrected chi connectivity index (χ2v) is 6.69. The maximum atomic E-state index is 6.13. The van der Waals surface area contributed by atoms with Crippen LogP contribution in [0.4, 0.5) is 5.95 Å². The van der Waals surface area contributed by atoms with Gasteiger partial charge in [0.1, 0.15) is 11.3 Å². The average molecular weight is 366 g/mol. The lowest BCUT2D eigenvalue weighted by molar-refractivity contribution is 0.618. The molecule has 0 aliphatic rings. The zero-order valence-corrected chi connectivity index (χ0v) is 15.3. The van der Waals surface area contributed by atoms with E-state index in [0.717, 1.165) is 44.2 Å². The molecule has 0 unspecified atom stereocenters. The fraction of sp³-hybridized carbons (Fsp3) is 0.0435. The van der Waals surface area contributed by atoms with E-state index in [1.165, 1.54) is 0 Å². The van der Waals surface area contributed by atoms with Crippen LogP contribution in [0.5, 0.6) is 0 Å². The fourth-order valence-electron chi connectivity index (χ4n) is 3.24. The van der Waals surface area contributed by atoms with Crippen molar-refractivity contribution in [2.75, 3.05) is 5.43 Å². The van der Waals surface area contributed by atoms with Crippen LogP contribution in [0.15, 0.2) is 88.4 Å². The van der Waals surface area contributed by atoms with Crippen LogP contribution in [0.1, 0.15) is 5.56 Å². The number of hydrogen-bond donors (Lipinski definition) is 2. The number of hydrogen-bond acceptors (Lipinski definition) is 4. The number of nitrogens with one attached hydrogen (secondary N) is 2. The van der Waals surface area contributed by atoms with Crippen LogP contribution in [0, 0.1) is 6.92 Å². The first-order valence-electron chi connectivity index (χ1n) is 9.11. The van der Waals surface area contributed by atoms with Gasteiger partial charge in [0, 0.05) is 17.0 Å². The summed E-state index contributed by atoms with van der Waals surface area (Å²) in [6.45, 7) is 2.06. The van der Waals surface area contributed by atoms with Crippen molar-refractivity contribution in [3.05, 3.63) is 89.8 Å². The monoisotopic (exact) mass is 366 g/mol. The number of aryl methyl sites for hydroxylation is 1. The first-order valence-corrected chi connectivity index (χ1v) is 9.11. The average Bonchev–Trinajstić information content (AvgIpc) is 3.15. The summed E-state index contributed by atoms with van der Waals surface area (Å²) < 4.78 is 6.13. The third-order valence-electron chi connectivity index (χ3n) is 4.63. The van der Waals surface area contributed by atoms with Gasteiger partial charge >= 0.3 is 0 Å². The molecule has 2 N–H and O–H groups in total. The minimum Gasteiger partial charge on any atom is -0.456 e.